The van der Waals surface area contributed by atoms with Gasteiger partial charge in [0.05, 0.1) is 25.1 Å². The molecule has 0 fully saturated rings. The fraction of sp³-hybridized carbons (Fsp3) is 0.263. The summed E-state index contributed by atoms with van der Waals surface area (Å²) in [6, 6.07) is 15.4. The van der Waals surface area contributed by atoms with E-state index in [0.717, 1.165) is 35.2 Å². The Kier molecular flexibility index (Phi) is 7.42. The molecular formula is C19H23N6O3S+. The number of ether oxygens (including phenoxy) is 2. The minimum absolute atomic E-state index is 0.179. The molecule has 1 aromatic heterocycles. The molecule has 29 heavy (non-hydrogen) atoms. The van der Waals surface area contributed by atoms with Gasteiger partial charge in [-0.05, 0) is 40.8 Å². The van der Waals surface area contributed by atoms with Crippen molar-refractivity contribution in [3.63, 3.8) is 0 Å². The lowest BCUT2D eigenvalue weighted by molar-refractivity contribution is -0.666. The number of hydrogen-bond acceptors (Lipinski definition) is 7. The molecule has 0 aliphatic heterocycles. The number of tetrazole rings is 1. The van der Waals surface area contributed by atoms with E-state index in [1.54, 1.807) is 29.6 Å². The molecule has 3 aromatic rings. The van der Waals surface area contributed by atoms with Gasteiger partial charge in [-0.25, -0.2) is 0 Å². The van der Waals surface area contributed by atoms with Gasteiger partial charge < -0.3 is 20.5 Å². The largest absolute Gasteiger partial charge is 0.493 e. The molecule has 0 radical (unpaired) electrons. The summed E-state index contributed by atoms with van der Waals surface area (Å²) in [6.45, 7) is 1.51. The summed E-state index contributed by atoms with van der Waals surface area (Å²) in [7, 11) is 1.56. The van der Waals surface area contributed by atoms with Crippen molar-refractivity contribution in [1.82, 2.24) is 20.2 Å². The number of primary amides is 1. The Bertz CT molecular complexity index is 935. The molecule has 152 valence electrons. The summed E-state index contributed by atoms with van der Waals surface area (Å²) >= 11 is 1.61. The number of carbonyl (C=O) groups is 1. The molecule has 10 heteroatoms. The minimum atomic E-state index is -0.528. The summed E-state index contributed by atoms with van der Waals surface area (Å²) in [5, 5.41) is 14.9. The van der Waals surface area contributed by atoms with E-state index in [2.05, 4.69) is 20.8 Å². The van der Waals surface area contributed by atoms with Crippen molar-refractivity contribution in [2.45, 2.75) is 11.7 Å². The maximum absolute atomic E-state index is 10.9. The van der Waals surface area contributed by atoms with E-state index in [1.165, 1.54) is 0 Å². The van der Waals surface area contributed by atoms with Gasteiger partial charge in [-0.2, -0.15) is 4.68 Å². The molecule has 3 rings (SSSR count). The van der Waals surface area contributed by atoms with Crippen LogP contribution in [-0.4, -0.2) is 52.1 Å². The molecule has 0 atom stereocenters. The number of hydrogen-bond donors (Lipinski definition) is 2. The summed E-state index contributed by atoms with van der Waals surface area (Å²) in [5.74, 6) is 1.41. The first kappa shape index (κ1) is 20.6. The number of para-hydroxylation sites is 1. The van der Waals surface area contributed by atoms with Gasteiger partial charge in [-0.1, -0.05) is 30.0 Å². The Morgan fingerprint density at radius 2 is 2.03 bits per heavy atom. The second-order valence-electron chi connectivity index (χ2n) is 6.08. The van der Waals surface area contributed by atoms with E-state index < -0.39 is 5.91 Å². The number of quaternary nitrogens is 1. The van der Waals surface area contributed by atoms with Crippen LogP contribution >= 0.6 is 11.8 Å². The molecule has 0 spiro atoms. The Morgan fingerprint density at radius 3 is 2.79 bits per heavy atom. The van der Waals surface area contributed by atoms with Crippen LogP contribution in [-0.2, 0) is 11.3 Å². The molecular weight excluding hydrogens is 392 g/mol. The van der Waals surface area contributed by atoms with Crippen molar-refractivity contribution >= 4 is 17.7 Å². The number of thioether (sulfide) groups is 1. The van der Waals surface area contributed by atoms with Crippen molar-refractivity contribution in [3.05, 3.63) is 54.1 Å². The number of methoxy groups -OCH3 is 1. The minimum Gasteiger partial charge on any atom is -0.493 e. The molecule has 1 heterocycles. The van der Waals surface area contributed by atoms with Gasteiger partial charge in [0.15, 0.2) is 18.1 Å². The van der Waals surface area contributed by atoms with E-state index >= 15 is 0 Å². The van der Waals surface area contributed by atoms with Crippen LogP contribution in [0.15, 0.2) is 53.7 Å². The van der Waals surface area contributed by atoms with E-state index in [-0.39, 0.29) is 6.61 Å². The van der Waals surface area contributed by atoms with Crippen LogP contribution in [0, 0.1) is 0 Å². The first-order valence-electron chi connectivity index (χ1n) is 9.03. The Morgan fingerprint density at radius 1 is 1.21 bits per heavy atom. The van der Waals surface area contributed by atoms with E-state index in [9.17, 15) is 4.79 Å². The van der Waals surface area contributed by atoms with E-state index in [1.807, 2.05) is 42.5 Å². The first-order valence-corrected chi connectivity index (χ1v) is 10.0. The first-order chi connectivity index (χ1) is 14.2. The number of nitrogens with two attached hydrogens (primary N) is 2. The van der Waals surface area contributed by atoms with Crippen LogP contribution in [0.5, 0.6) is 11.5 Å². The highest BCUT2D eigenvalue weighted by atomic mass is 32.2. The van der Waals surface area contributed by atoms with Crippen LogP contribution < -0.4 is 20.5 Å². The van der Waals surface area contributed by atoms with Crippen molar-refractivity contribution in [2.24, 2.45) is 5.73 Å². The third kappa shape index (κ3) is 5.93. The smallest absolute Gasteiger partial charge is 0.255 e. The highest BCUT2D eigenvalue weighted by Crippen LogP contribution is 2.27. The van der Waals surface area contributed by atoms with E-state index in [4.69, 9.17) is 15.2 Å². The zero-order chi connectivity index (χ0) is 20.5. The highest BCUT2D eigenvalue weighted by molar-refractivity contribution is 7.99. The Balaban J connectivity index is 1.47. The van der Waals surface area contributed by atoms with Crippen LogP contribution in [0.1, 0.15) is 5.56 Å². The van der Waals surface area contributed by atoms with Gasteiger partial charge in [0.2, 0.25) is 5.16 Å². The van der Waals surface area contributed by atoms with Gasteiger partial charge >= 0.3 is 0 Å². The van der Waals surface area contributed by atoms with Crippen LogP contribution in [0.3, 0.4) is 0 Å². The molecule has 1 amide bonds. The lowest BCUT2D eigenvalue weighted by Gasteiger charge is -2.11. The lowest BCUT2D eigenvalue weighted by atomic mass is 10.2. The average Bonchev–Trinajstić information content (AvgIpc) is 3.21. The van der Waals surface area contributed by atoms with Gasteiger partial charge in [-0.3, -0.25) is 4.79 Å². The predicted molar refractivity (Wildman–Crippen MR) is 108 cm³/mol. The maximum atomic E-state index is 10.9. The van der Waals surface area contributed by atoms with E-state index in [0.29, 0.717) is 11.5 Å². The van der Waals surface area contributed by atoms with Gasteiger partial charge in [0.25, 0.3) is 5.91 Å². The third-order valence-electron chi connectivity index (χ3n) is 3.97. The SMILES string of the molecule is COc1cc(C[NH2+]CCSc2nnnn2-c2ccccc2)ccc1OCC(N)=O. The fourth-order valence-corrected chi connectivity index (χ4v) is 3.44. The number of rotatable bonds is 11. The fourth-order valence-electron chi connectivity index (χ4n) is 2.61. The van der Waals surface area contributed by atoms with Gasteiger partial charge in [-0.15, -0.1) is 5.10 Å². The predicted octanol–water partition coefficient (Wildman–Crippen LogP) is 0.391. The van der Waals surface area contributed by atoms with Crippen molar-refractivity contribution < 1.29 is 19.6 Å². The molecule has 0 bridgehead atoms. The molecule has 0 saturated heterocycles. The number of nitrogens with zero attached hydrogens (tertiary/aromatic N) is 4. The highest BCUT2D eigenvalue weighted by Gasteiger charge is 2.10. The maximum Gasteiger partial charge on any atom is 0.255 e. The topological polar surface area (TPSA) is 122 Å². The summed E-state index contributed by atoms with van der Waals surface area (Å²) in [6.07, 6.45) is 0. The molecule has 0 aliphatic carbocycles. The standard InChI is InChI=1S/C19H22N6O3S/c1-27-17-11-14(7-8-16(17)28-13-18(20)26)12-21-9-10-29-19-22-23-24-25(19)15-5-3-2-4-6-15/h2-8,11,21H,9-10,12-13H2,1H3,(H2,20,26)/p+1. The monoisotopic (exact) mass is 415 g/mol. The van der Waals surface area contributed by atoms with Crippen molar-refractivity contribution in [1.29, 1.82) is 0 Å². The number of benzene rings is 2. The second kappa shape index (κ2) is 10.4. The average molecular weight is 415 g/mol. The molecule has 0 aliphatic rings. The van der Waals surface area contributed by atoms with Crippen molar-refractivity contribution in [3.8, 4) is 17.2 Å². The molecule has 9 nitrogen and oxygen atoms in total. The quantitative estimate of drug-likeness (QED) is 0.343. The normalized spacial score (nSPS) is 10.7. The van der Waals surface area contributed by atoms with Crippen LogP contribution in [0.2, 0.25) is 0 Å². The Hall–Kier alpha value is -3.11. The second-order valence-corrected chi connectivity index (χ2v) is 7.14. The number of aromatic nitrogens is 4. The molecule has 0 unspecified atom stereocenters. The number of amides is 1. The van der Waals surface area contributed by atoms with Gasteiger partial charge in [0, 0.05) is 5.56 Å². The Labute approximate surface area is 172 Å². The summed E-state index contributed by atoms with van der Waals surface area (Å²) in [5.41, 5.74) is 7.14. The summed E-state index contributed by atoms with van der Waals surface area (Å²) in [4.78, 5) is 10.9. The lowest BCUT2D eigenvalue weighted by Crippen LogP contribution is -2.83. The zero-order valence-electron chi connectivity index (χ0n) is 16.0. The molecule has 4 N–H and O–H groups in total. The van der Waals surface area contributed by atoms with Crippen molar-refractivity contribution in [2.75, 3.05) is 26.0 Å². The third-order valence-corrected chi connectivity index (χ3v) is 4.93. The number of carbonyl (C=O) groups excluding carboxylic acids is 1. The molecule has 2 aromatic carbocycles. The van der Waals surface area contributed by atoms with Gasteiger partial charge in [0.1, 0.15) is 6.54 Å². The molecule has 0 saturated carbocycles. The van der Waals surface area contributed by atoms with Crippen LogP contribution in [0.4, 0.5) is 0 Å². The van der Waals surface area contributed by atoms with Crippen LogP contribution in [0.25, 0.3) is 5.69 Å². The zero-order valence-corrected chi connectivity index (χ0v) is 16.8. The summed E-state index contributed by atoms with van der Waals surface area (Å²) < 4.78 is 12.4.